The molecule has 0 saturated carbocycles. The molecular formula is C33H49N3O4. The molecule has 2 aromatic carbocycles. The van der Waals surface area contributed by atoms with Gasteiger partial charge in [-0.2, -0.15) is 0 Å². The number of hydrogen-bond acceptors (Lipinski definition) is 4. The molecule has 2 N–H and O–H groups in total. The highest BCUT2D eigenvalue weighted by Crippen LogP contribution is 2.29. The van der Waals surface area contributed by atoms with E-state index in [0.29, 0.717) is 12.5 Å². The standard InChI is InChI=1S/C33H49N3O4/c1-22(2)15-18-25(6)36(31(38)28(23(3)4)35-32(39)40-33(7,8)9)29(27-19-16-24(5)17-20-27)30(37)34-21-26-13-11-10-12-14-26/h10-14,16-17,19-20,22-23,25,28-29H,15,18,21H2,1-9H3,(H,34,37)(H,35,39). The van der Waals surface area contributed by atoms with Crippen molar-refractivity contribution in [2.45, 2.75) is 105 Å². The van der Waals surface area contributed by atoms with Crippen molar-refractivity contribution >= 4 is 17.9 Å². The Morgan fingerprint density at radius 1 is 0.875 bits per heavy atom. The monoisotopic (exact) mass is 551 g/mol. The van der Waals surface area contributed by atoms with E-state index in [1.54, 1.807) is 25.7 Å². The van der Waals surface area contributed by atoms with Gasteiger partial charge in [-0.25, -0.2) is 4.79 Å². The molecule has 0 aliphatic heterocycles. The minimum absolute atomic E-state index is 0.231. The number of hydrogen-bond donors (Lipinski definition) is 2. The van der Waals surface area contributed by atoms with Gasteiger partial charge in [-0.05, 0) is 70.4 Å². The van der Waals surface area contributed by atoms with E-state index in [-0.39, 0.29) is 23.8 Å². The maximum atomic E-state index is 14.4. The van der Waals surface area contributed by atoms with Crippen LogP contribution in [0.2, 0.25) is 0 Å². The summed E-state index contributed by atoms with van der Waals surface area (Å²) in [6, 6.07) is 15.4. The van der Waals surface area contributed by atoms with E-state index in [9.17, 15) is 14.4 Å². The van der Waals surface area contributed by atoms with Gasteiger partial charge in [-0.3, -0.25) is 9.59 Å². The van der Waals surface area contributed by atoms with Crippen molar-refractivity contribution in [1.29, 1.82) is 0 Å². The normalized spacial score (nSPS) is 13.9. The largest absolute Gasteiger partial charge is 0.444 e. The third-order valence-electron chi connectivity index (χ3n) is 6.73. The molecule has 7 heteroatoms. The Kier molecular flexibility index (Phi) is 12.2. The van der Waals surface area contributed by atoms with Crippen LogP contribution in [0.5, 0.6) is 0 Å². The van der Waals surface area contributed by atoms with Crippen molar-refractivity contribution in [2.24, 2.45) is 11.8 Å². The lowest BCUT2D eigenvalue weighted by molar-refractivity contribution is -0.146. The molecule has 0 saturated heterocycles. The van der Waals surface area contributed by atoms with Crippen LogP contribution in [-0.4, -0.2) is 40.5 Å². The number of aryl methyl sites for hydroxylation is 1. The van der Waals surface area contributed by atoms with Gasteiger partial charge >= 0.3 is 6.09 Å². The number of alkyl carbamates (subject to hydrolysis) is 1. The van der Waals surface area contributed by atoms with Gasteiger partial charge in [0.2, 0.25) is 11.8 Å². The lowest BCUT2D eigenvalue weighted by atomic mass is 9.94. The third kappa shape index (κ3) is 10.3. The lowest BCUT2D eigenvalue weighted by Gasteiger charge is -2.39. The summed E-state index contributed by atoms with van der Waals surface area (Å²) in [6.07, 6.45) is 0.952. The Morgan fingerprint density at radius 2 is 1.48 bits per heavy atom. The number of ether oxygens (including phenoxy) is 1. The van der Waals surface area contributed by atoms with Gasteiger partial charge in [0.25, 0.3) is 0 Å². The lowest BCUT2D eigenvalue weighted by Crippen LogP contribution is -2.57. The van der Waals surface area contributed by atoms with E-state index in [4.69, 9.17) is 4.74 Å². The predicted molar refractivity (Wildman–Crippen MR) is 161 cm³/mol. The molecule has 2 rings (SSSR count). The fraction of sp³-hybridized carbons (Fsp3) is 0.545. The maximum Gasteiger partial charge on any atom is 0.408 e. The average molecular weight is 552 g/mol. The summed E-state index contributed by atoms with van der Waals surface area (Å²) in [6.45, 7) is 17.7. The molecule has 2 aromatic rings. The molecule has 3 amide bonds. The van der Waals surface area contributed by atoms with E-state index in [1.165, 1.54) is 0 Å². The topological polar surface area (TPSA) is 87.7 Å². The summed E-state index contributed by atoms with van der Waals surface area (Å²) in [7, 11) is 0. The molecule has 0 aliphatic carbocycles. The summed E-state index contributed by atoms with van der Waals surface area (Å²) in [5.74, 6) is -0.370. The van der Waals surface area contributed by atoms with Gasteiger partial charge in [-0.15, -0.1) is 0 Å². The van der Waals surface area contributed by atoms with Crippen LogP contribution in [-0.2, 0) is 20.9 Å². The second-order valence-electron chi connectivity index (χ2n) is 12.5. The number of amides is 3. The predicted octanol–water partition coefficient (Wildman–Crippen LogP) is 6.56. The van der Waals surface area contributed by atoms with Crippen LogP contribution in [0.25, 0.3) is 0 Å². The molecule has 0 spiro atoms. The first-order valence-electron chi connectivity index (χ1n) is 14.4. The minimum atomic E-state index is -0.874. The molecule has 0 fully saturated rings. The zero-order valence-electron chi connectivity index (χ0n) is 25.8. The van der Waals surface area contributed by atoms with E-state index < -0.39 is 23.8 Å². The molecule has 0 bridgehead atoms. The number of nitrogens with zero attached hydrogens (tertiary/aromatic N) is 1. The zero-order chi connectivity index (χ0) is 30.0. The van der Waals surface area contributed by atoms with Crippen molar-refractivity contribution in [1.82, 2.24) is 15.5 Å². The Morgan fingerprint density at radius 3 is 2.00 bits per heavy atom. The van der Waals surface area contributed by atoms with Gasteiger partial charge < -0.3 is 20.3 Å². The quantitative estimate of drug-likeness (QED) is 0.313. The van der Waals surface area contributed by atoms with Gasteiger partial charge in [0.1, 0.15) is 17.7 Å². The average Bonchev–Trinajstić information content (AvgIpc) is 2.87. The van der Waals surface area contributed by atoms with Crippen LogP contribution >= 0.6 is 0 Å². The van der Waals surface area contributed by atoms with Crippen molar-refractivity contribution in [3.63, 3.8) is 0 Å². The molecule has 0 aliphatic rings. The number of rotatable bonds is 12. The summed E-state index contributed by atoms with van der Waals surface area (Å²) < 4.78 is 5.48. The van der Waals surface area contributed by atoms with E-state index >= 15 is 0 Å². The van der Waals surface area contributed by atoms with Crippen molar-refractivity contribution in [2.75, 3.05) is 0 Å². The Balaban J connectivity index is 2.53. The smallest absolute Gasteiger partial charge is 0.408 e. The van der Waals surface area contributed by atoms with Crippen LogP contribution in [0.3, 0.4) is 0 Å². The van der Waals surface area contributed by atoms with Crippen LogP contribution < -0.4 is 10.6 Å². The number of benzene rings is 2. The fourth-order valence-corrected chi connectivity index (χ4v) is 4.49. The first kappa shape index (κ1) is 32.9. The number of nitrogens with one attached hydrogen (secondary N) is 2. The molecule has 220 valence electrons. The molecule has 0 aromatic heterocycles. The van der Waals surface area contributed by atoms with E-state index in [2.05, 4.69) is 24.5 Å². The zero-order valence-corrected chi connectivity index (χ0v) is 25.8. The highest BCUT2D eigenvalue weighted by atomic mass is 16.6. The van der Waals surface area contributed by atoms with Crippen molar-refractivity contribution < 1.29 is 19.1 Å². The number of carbonyl (C=O) groups is 3. The van der Waals surface area contributed by atoms with Crippen molar-refractivity contribution in [3.8, 4) is 0 Å². The van der Waals surface area contributed by atoms with E-state index in [0.717, 1.165) is 29.5 Å². The molecule has 0 heterocycles. The molecule has 7 nitrogen and oxygen atoms in total. The first-order valence-corrected chi connectivity index (χ1v) is 14.4. The third-order valence-corrected chi connectivity index (χ3v) is 6.73. The van der Waals surface area contributed by atoms with Crippen molar-refractivity contribution in [3.05, 3.63) is 71.3 Å². The number of carbonyl (C=O) groups excluding carboxylic acids is 3. The Hall–Kier alpha value is -3.35. The molecule has 0 radical (unpaired) electrons. The highest BCUT2D eigenvalue weighted by molar-refractivity contribution is 5.92. The Bertz CT molecular complexity index is 1090. The van der Waals surface area contributed by atoms with Gasteiger partial charge in [0, 0.05) is 12.6 Å². The van der Waals surface area contributed by atoms with Gasteiger partial charge in [0.05, 0.1) is 0 Å². The summed E-state index contributed by atoms with van der Waals surface area (Å²) in [5, 5.41) is 5.86. The SMILES string of the molecule is Cc1ccc(C(C(=O)NCc2ccccc2)N(C(=O)C(NC(=O)OC(C)(C)C)C(C)C)C(C)CCC(C)C)cc1. The van der Waals surface area contributed by atoms with Gasteiger partial charge in [-0.1, -0.05) is 87.9 Å². The molecule has 3 unspecified atom stereocenters. The second kappa shape index (κ2) is 14.9. The summed E-state index contributed by atoms with van der Waals surface area (Å²) in [4.78, 5) is 42.8. The van der Waals surface area contributed by atoms with Crippen LogP contribution in [0.1, 0.15) is 91.0 Å². The molecular weight excluding hydrogens is 502 g/mol. The van der Waals surface area contributed by atoms with E-state index in [1.807, 2.05) is 82.3 Å². The fourth-order valence-electron chi connectivity index (χ4n) is 4.49. The summed E-state index contributed by atoms with van der Waals surface area (Å²) >= 11 is 0. The maximum absolute atomic E-state index is 14.4. The van der Waals surface area contributed by atoms with Crippen LogP contribution in [0.15, 0.2) is 54.6 Å². The first-order chi connectivity index (χ1) is 18.7. The summed E-state index contributed by atoms with van der Waals surface area (Å²) in [5.41, 5.74) is 2.04. The Labute approximate surface area is 241 Å². The van der Waals surface area contributed by atoms with Crippen LogP contribution in [0.4, 0.5) is 4.79 Å². The second-order valence-corrected chi connectivity index (χ2v) is 12.5. The molecule has 3 atom stereocenters. The highest BCUT2D eigenvalue weighted by Gasteiger charge is 2.39. The minimum Gasteiger partial charge on any atom is -0.444 e. The molecule has 40 heavy (non-hydrogen) atoms. The van der Waals surface area contributed by atoms with Crippen LogP contribution in [0, 0.1) is 18.8 Å². The van der Waals surface area contributed by atoms with Gasteiger partial charge in [0.15, 0.2) is 0 Å².